The van der Waals surface area contributed by atoms with Gasteiger partial charge in [-0.2, -0.15) is 4.31 Å². The molecule has 27 heavy (non-hydrogen) atoms. The van der Waals surface area contributed by atoms with Crippen molar-refractivity contribution in [2.45, 2.75) is 6.54 Å². The molecule has 0 atom stereocenters. The quantitative estimate of drug-likeness (QED) is 0.810. The van der Waals surface area contributed by atoms with Crippen LogP contribution in [0, 0.1) is 5.82 Å². The van der Waals surface area contributed by atoms with Gasteiger partial charge in [-0.1, -0.05) is 12.1 Å². The van der Waals surface area contributed by atoms with Crippen molar-refractivity contribution in [2.75, 3.05) is 31.3 Å². The summed E-state index contributed by atoms with van der Waals surface area (Å²) in [4.78, 5) is 12.3. The van der Waals surface area contributed by atoms with E-state index in [1.54, 1.807) is 18.2 Å². The van der Waals surface area contributed by atoms with Crippen LogP contribution in [-0.2, 0) is 21.4 Å². The molecule has 2 aromatic carbocycles. The molecule has 2 aromatic rings. The van der Waals surface area contributed by atoms with Crippen LogP contribution in [0.3, 0.4) is 0 Å². The van der Waals surface area contributed by atoms with Gasteiger partial charge >= 0.3 is 0 Å². The molecule has 1 aliphatic rings. The van der Waals surface area contributed by atoms with Crippen LogP contribution in [0.1, 0.15) is 5.56 Å². The van der Waals surface area contributed by atoms with Crippen LogP contribution in [0.2, 0.25) is 0 Å². The highest BCUT2D eigenvalue weighted by atomic mass is 32.2. The maximum absolute atomic E-state index is 13.0. The first-order valence-electron chi connectivity index (χ1n) is 8.20. The third kappa shape index (κ3) is 5.18. The second kappa shape index (κ2) is 7.93. The van der Waals surface area contributed by atoms with E-state index >= 15 is 0 Å². The zero-order chi connectivity index (χ0) is 19.4. The van der Waals surface area contributed by atoms with Crippen molar-refractivity contribution in [3.05, 3.63) is 53.8 Å². The van der Waals surface area contributed by atoms with Gasteiger partial charge in [-0.15, -0.1) is 0 Å². The fourth-order valence-corrected chi connectivity index (χ4v) is 3.30. The fraction of sp³-hybridized carbons (Fsp3) is 0.278. The number of anilines is 1. The first kappa shape index (κ1) is 19.1. The second-order valence-electron chi connectivity index (χ2n) is 6.06. The molecule has 1 heterocycles. The molecule has 1 amide bonds. The molecule has 0 saturated carbocycles. The maximum atomic E-state index is 13.0. The minimum Gasteiger partial charge on any atom is -0.486 e. The van der Waals surface area contributed by atoms with E-state index in [2.05, 4.69) is 5.32 Å². The standard InChI is InChI=1S/C18H19FN2O5S/c1-27(23,24)21(11-13-2-4-14(19)5-3-13)12-18(22)20-15-6-7-16-17(10-15)26-9-8-25-16/h2-7,10H,8-9,11-12H2,1H3,(H,20,22). The number of carbonyl (C=O) groups excluding carboxylic acids is 1. The first-order chi connectivity index (χ1) is 12.8. The molecule has 0 aliphatic carbocycles. The summed E-state index contributed by atoms with van der Waals surface area (Å²) < 4.78 is 48.9. The fourth-order valence-electron chi connectivity index (χ4n) is 2.57. The Hall–Kier alpha value is -2.65. The summed E-state index contributed by atoms with van der Waals surface area (Å²) in [6.07, 6.45) is 1.02. The molecule has 0 spiro atoms. The predicted molar refractivity (Wildman–Crippen MR) is 97.7 cm³/mol. The minimum atomic E-state index is -3.64. The Bertz CT molecular complexity index is 931. The number of hydrogen-bond acceptors (Lipinski definition) is 5. The molecule has 1 aliphatic heterocycles. The van der Waals surface area contributed by atoms with E-state index in [9.17, 15) is 17.6 Å². The SMILES string of the molecule is CS(=O)(=O)N(CC(=O)Nc1ccc2c(c1)OCCO2)Cc1ccc(F)cc1. The molecular weight excluding hydrogens is 375 g/mol. The zero-order valence-corrected chi connectivity index (χ0v) is 15.5. The molecular formula is C18H19FN2O5S. The molecule has 0 bridgehead atoms. The monoisotopic (exact) mass is 394 g/mol. The Morgan fingerprint density at radius 1 is 1.11 bits per heavy atom. The van der Waals surface area contributed by atoms with E-state index in [1.165, 1.54) is 24.3 Å². The number of nitrogens with one attached hydrogen (secondary N) is 1. The number of carbonyl (C=O) groups is 1. The van der Waals surface area contributed by atoms with Gasteiger partial charge in [-0.3, -0.25) is 4.79 Å². The van der Waals surface area contributed by atoms with E-state index in [1.807, 2.05) is 0 Å². The van der Waals surface area contributed by atoms with Crippen molar-refractivity contribution in [1.82, 2.24) is 4.31 Å². The Morgan fingerprint density at radius 3 is 2.44 bits per heavy atom. The lowest BCUT2D eigenvalue weighted by Crippen LogP contribution is -2.36. The van der Waals surface area contributed by atoms with Crippen LogP contribution in [0.4, 0.5) is 10.1 Å². The number of nitrogens with zero attached hydrogens (tertiary/aromatic N) is 1. The van der Waals surface area contributed by atoms with Crippen LogP contribution in [0.15, 0.2) is 42.5 Å². The smallest absolute Gasteiger partial charge is 0.239 e. The van der Waals surface area contributed by atoms with Crippen LogP contribution in [-0.4, -0.2) is 44.6 Å². The Morgan fingerprint density at radius 2 is 1.78 bits per heavy atom. The van der Waals surface area contributed by atoms with Crippen LogP contribution < -0.4 is 14.8 Å². The maximum Gasteiger partial charge on any atom is 0.239 e. The summed E-state index contributed by atoms with van der Waals surface area (Å²) in [5.41, 5.74) is 1.05. The molecule has 0 radical (unpaired) electrons. The third-order valence-corrected chi connectivity index (χ3v) is 5.08. The summed E-state index contributed by atoms with van der Waals surface area (Å²) in [7, 11) is -3.64. The lowest BCUT2D eigenvalue weighted by molar-refractivity contribution is -0.116. The van der Waals surface area contributed by atoms with Crippen molar-refractivity contribution in [1.29, 1.82) is 0 Å². The van der Waals surface area contributed by atoms with Gasteiger partial charge in [-0.05, 0) is 29.8 Å². The number of fused-ring (bicyclic) bond motifs is 1. The van der Waals surface area contributed by atoms with Gasteiger partial charge in [0, 0.05) is 18.3 Å². The van der Waals surface area contributed by atoms with Gasteiger partial charge in [0.05, 0.1) is 12.8 Å². The van der Waals surface area contributed by atoms with Gasteiger partial charge in [-0.25, -0.2) is 12.8 Å². The van der Waals surface area contributed by atoms with Gasteiger partial charge in [0.15, 0.2) is 11.5 Å². The highest BCUT2D eigenvalue weighted by Gasteiger charge is 2.21. The molecule has 1 N–H and O–H groups in total. The van der Waals surface area contributed by atoms with E-state index in [0.717, 1.165) is 10.6 Å². The van der Waals surface area contributed by atoms with E-state index < -0.39 is 21.7 Å². The average Bonchev–Trinajstić information content (AvgIpc) is 2.62. The number of halogens is 1. The Kier molecular flexibility index (Phi) is 5.62. The number of rotatable bonds is 6. The highest BCUT2D eigenvalue weighted by molar-refractivity contribution is 7.88. The molecule has 3 rings (SSSR count). The summed E-state index contributed by atoms with van der Waals surface area (Å²) in [5.74, 6) is 0.193. The van der Waals surface area contributed by atoms with Crippen LogP contribution in [0.25, 0.3) is 0 Å². The van der Waals surface area contributed by atoms with Gasteiger partial charge in [0.25, 0.3) is 0 Å². The van der Waals surface area contributed by atoms with Crippen molar-refractivity contribution in [3.63, 3.8) is 0 Å². The first-order valence-corrected chi connectivity index (χ1v) is 10.1. The van der Waals surface area contributed by atoms with Crippen molar-refractivity contribution < 1.29 is 27.1 Å². The number of hydrogen-bond donors (Lipinski definition) is 1. The lowest BCUT2D eigenvalue weighted by atomic mass is 10.2. The molecule has 0 unspecified atom stereocenters. The number of ether oxygens (including phenoxy) is 2. The molecule has 0 saturated heterocycles. The summed E-state index contributed by atoms with van der Waals surface area (Å²) >= 11 is 0. The zero-order valence-electron chi connectivity index (χ0n) is 14.6. The number of amides is 1. The topological polar surface area (TPSA) is 84.9 Å². The molecule has 0 aromatic heterocycles. The average molecular weight is 394 g/mol. The molecule has 0 fully saturated rings. The van der Waals surface area contributed by atoms with E-state index in [4.69, 9.17) is 9.47 Å². The predicted octanol–water partition coefficient (Wildman–Crippen LogP) is 2.00. The summed E-state index contributed by atoms with van der Waals surface area (Å²) in [6.45, 7) is 0.480. The largest absolute Gasteiger partial charge is 0.486 e. The van der Waals surface area contributed by atoms with Crippen LogP contribution >= 0.6 is 0 Å². The highest BCUT2D eigenvalue weighted by Crippen LogP contribution is 2.32. The Balaban J connectivity index is 1.68. The van der Waals surface area contributed by atoms with E-state index in [0.29, 0.717) is 36.0 Å². The summed E-state index contributed by atoms with van der Waals surface area (Å²) in [6, 6.07) is 10.4. The van der Waals surface area contributed by atoms with Crippen LogP contribution in [0.5, 0.6) is 11.5 Å². The second-order valence-corrected chi connectivity index (χ2v) is 8.05. The lowest BCUT2D eigenvalue weighted by Gasteiger charge is -2.21. The molecule has 9 heteroatoms. The third-order valence-electron chi connectivity index (χ3n) is 3.89. The molecule has 144 valence electrons. The van der Waals surface area contributed by atoms with Crippen molar-refractivity contribution in [2.24, 2.45) is 0 Å². The minimum absolute atomic E-state index is 0.0341. The number of benzene rings is 2. The van der Waals surface area contributed by atoms with Gasteiger partial charge in [0.1, 0.15) is 19.0 Å². The Labute approximate surface area is 156 Å². The summed E-state index contributed by atoms with van der Waals surface area (Å²) in [5, 5.41) is 2.65. The number of sulfonamides is 1. The normalized spacial score (nSPS) is 13.4. The van der Waals surface area contributed by atoms with Gasteiger partial charge in [0.2, 0.25) is 15.9 Å². The molecule has 7 nitrogen and oxygen atoms in total. The van der Waals surface area contributed by atoms with Gasteiger partial charge < -0.3 is 14.8 Å². The van der Waals surface area contributed by atoms with Crippen molar-refractivity contribution >= 4 is 21.6 Å². The van der Waals surface area contributed by atoms with E-state index in [-0.39, 0.29) is 13.1 Å². The van der Waals surface area contributed by atoms with Crippen molar-refractivity contribution in [3.8, 4) is 11.5 Å².